The molecule has 0 bridgehead atoms. The molecular formula is C20H20N4O4. The van der Waals surface area contributed by atoms with Crippen molar-refractivity contribution in [3.8, 4) is 11.5 Å². The molecule has 1 heterocycles. The van der Waals surface area contributed by atoms with Gasteiger partial charge in [-0.3, -0.25) is 14.2 Å². The third-order valence-electron chi connectivity index (χ3n) is 4.15. The minimum Gasteiger partial charge on any atom is -0.497 e. The van der Waals surface area contributed by atoms with Crippen LogP contribution in [0.1, 0.15) is 11.3 Å². The summed E-state index contributed by atoms with van der Waals surface area (Å²) in [5.41, 5.74) is 4.37. The summed E-state index contributed by atoms with van der Waals surface area (Å²) in [6.07, 6.45) is 1.47. The Morgan fingerprint density at radius 2 is 2.00 bits per heavy atom. The smallest absolute Gasteiger partial charge is 0.272 e. The molecule has 3 rings (SSSR count). The Hall–Kier alpha value is -3.68. The van der Waals surface area contributed by atoms with Crippen LogP contribution in [0.25, 0.3) is 11.0 Å². The maximum absolute atomic E-state index is 12.4. The molecule has 144 valence electrons. The van der Waals surface area contributed by atoms with Gasteiger partial charge in [0.2, 0.25) is 0 Å². The maximum Gasteiger partial charge on any atom is 0.272 e. The second kappa shape index (κ2) is 8.34. The Balaban J connectivity index is 1.77. The lowest BCUT2D eigenvalue weighted by Gasteiger charge is -2.10. The molecule has 0 atom stereocenters. The second-order valence-corrected chi connectivity index (χ2v) is 5.98. The number of para-hydroxylation sites is 2. The summed E-state index contributed by atoms with van der Waals surface area (Å²) in [6.45, 7) is 1.46. The number of amides is 1. The summed E-state index contributed by atoms with van der Waals surface area (Å²) in [5.74, 6) is 0.781. The quantitative estimate of drug-likeness (QED) is 0.520. The number of aryl methyl sites for hydroxylation is 1. The van der Waals surface area contributed by atoms with E-state index >= 15 is 0 Å². The predicted octanol–water partition coefficient (Wildman–Crippen LogP) is 1.87. The molecule has 1 N–H and O–H groups in total. The lowest BCUT2D eigenvalue weighted by molar-refractivity contribution is -0.121. The van der Waals surface area contributed by atoms with Crippen LogP contribution in [0.15, 0.2) is 52.4 Å². The van der Waals surface area contributed by atoms with Gasteiger partial charge in [-0.25, -0.2) is 10.4 Å². The highest BCUT2D eigenvalue weighted by atomic mass is 16.5. The number of benzene rings is 2. The number of hydrazone groups is 1. The summed E-state index contributed by atoms with van der Waals surface area (Å²) in [4.78, 5) is 29.0. The number of nitrogens with one attached hydrogen (secondary N) is 1. The van der Waals surface area contributed by atoms with E-state index < -0.39 is 5.91 Å². The number of methoxy groups -OCH3 is 2. The average molecular weight is 380 g/mol. The van der Waals surface area contributed by atoms with Crippen LogP contribution in [0.4, 0.5) is 0 Å². The van der Waals surface area contributed by atoms with Gasteiger partial charge in [-0.1, -0.05) is 12.1 Å². The van der Waals surface area contributed by atoms with Gasteiger partial charge in [0, 0.05) is 11.6 Å². The van der Waals surface area contributed by atoms with Crippen molar-refractivity contribution < 1.29 is 14.3 Å². The number of carbonyl (C=O) groups is 1. The van der Waals surface area contributed by atoms with E-state index in [-0.39, 0.29) is 12.1 Å². The van der Waals surface area contributed by atoms with Crippen molar-refractivity contribution in [2.24, 2.45) is 5.10 Å². The van der Waals surface area contributed by atoms with Crippen molar-refractivity contribution in [1.29, 1.82) is 0 Å². The van der Waals surface area contributed by atoms with Crippen molar-refractivity contribution in [2.75, 3.05) is 14.2 Å². The molecule has 0 unspecified atom stereocenters. The number of rotatable bonds is 6. The van der Waals surface area contributed by atoms with Crippen LogP contribution in [0.3, 0.4) is 0 Å². The molecule has 0 saturated heterocycles. The van der Waals surface area contributed by atoms with E-state index in [4.69, 9.17) is 9.47 Å². The largest absolute Gasteiger partial charge is 0.497 e. The lowest BCUT2D eigenvalue weighted by Crippen LogP contribution is -2.31. The molecule has 8 heteroatoms. The summed E-state index contributed by atoms with van der Waals surface area (Å²) in [5, 5.41) is 3.96. The zero-order chi connectivity index (χ0) is 20.1. The van der Waals surface area contributed by atoms with Crippen molar-refractivity contribution in [3.63, 3.8) is 0 Å². The van der Waals surface area contributed by atoms with Crippen molar-refractivity contribution in [1.82, 2.24) is 15.0 Å². The molecule has 1 amide bonds. The third-order valence-corrected chi connectivity index (χ3v) is 4.15. The van der Waals surface area contributed by atoms with E-state index in [0.29, 0.717) is 33.8 Å². The molecule has 2 aromatic carbocycles. The second-order valence-electron chi connectivity index (χ2n) is 5.98. The molecule has 0 aliphatic carbocycles. The Kier molecular flexibility index (Phi) is 5.69. The van der Waals surface area contributed by atoms with Gasteiger partial charge in [0.25, 0.3) is 11.5 Å². The van der Waals surface area contributed by atoms with E-state index in [2.05, 4.69) is 15.5 Å². The molecule has 0 spiro atoms. The Morgan fingerprint density at radius 3 is 2.75 bits per heavy atom. The van der Waals surface area contributed by atoms with Crippen LogP contribution in [-0.2, 0) is 11.3 Å². The number of fused-ring (bicyclic) bond motifs is 1. The monoisotopic (exact) mass is 380 g/mol. The Labute approximate surface area is 161 Å². The number of aromatic nitrogens is 2. The third kappa shape index (κ3) is 4.01. The highest BCUT2D eigenvalue weighted by molar-refractivity contribution is 5.86. The minimum atomic E-state index is -0.429. The molecule has 0 saturated carbocycles. The highest BCUT2D eigenvalue weighted by Crippen LogP contribution is 2.22. The molecule has 0 aliphatic rings. The van der Waals surface area contributed by atoms with Gasteiger partial charge >= 0.3 is 0 Å². The molecule has 0 aliphatic heterocycles. The van der Waals surface area contributed by atoms with Gasteiger partial charge in [0.1, 0.15) is 23.7 Å². The number of hydrogen-bond acceptors (Lipinski definition) is 6. The van der Waals surface area contributed by atoms with Crippen LogP contribution in [-0.4, -0.2) is 35.9 Å². The number of hydrogen-bond donors (Lipinski definition) is 1. The number of carbonyl (C=O) groups excluding carboxylic acids is 1. The molecule has 0 fully saturated rings. The first kappa shape index (κ1) is 19.1. The van der Waals surface area contributed by atoms with Crippen LogP contribution in [0.2, 0.25) is 0 Å². The van der Waals surface area contributed by atoms with Gasteiger partial charge in [0.15, 0.2) is 0 Å². The van der Waals surface area contributed by atoms with Crippen LogP contribution in [0.5, 0.6) is 11.5 Å². The van der Waals surface area contributed by atoms with Crippen molar-refractivity contribution >= 4 is 23.2 Å². The molecule has 0 radical (unpaired) electrons. The van der Waals surface area contributed by atoms with Gasteiger partial charge in [-0.2, -0.15) is 5.10 Å². The maximum atomic E-state index is 12.4. The van der Waals surface area contributed by atoms with E-state index in [1.165, 1.54) is 17.9 Å². The summed E-state index contributed by atoms with van der Waals surface area (Å²) in [7, 11) is 3.10. The van der Waals surface area contributed by atoms with Gasteiger partial charge < -0.3 is 9.47 Å². The van der Waals surface area contributed by atoms with Gasteiger partial charge in [-0.15, -0.1) is 0 Å². The van der Waals surface area contributed by atoms with E-state index in [0.717, 1.165) is 0 Å². The standard InChI is InChI=1S/C20H20N4O4/c1-13-20(26)24(17-7-5-4-6-16(17)22-13)12-19(25)23-21-11-14-8-9-15(27-2)10-18(14)28-3/h4-11H,12H2,1-3H3,(H,23,25)/b21-11-. The zero-order valence-corrected chi connectivity index (χ0v) is 15.8. The van der Waals surface area contributed by atoms with E-state index in [9.17, 15) is 9.59 Å². The summed E-state index contributed by atoms with van der Waals surface area (Å²) >= 11 is 0. The first-order valence-corrected chi connectivity index (χ1v) is 8.53. The summed E-state index contributed by atoms with van der Waals surface area (Å²) in [6, 6.07) is 12.4. The molecule has 8 nitrogen and oxygen atoms in total. The van der Waals surface area contributed by atoms with Crippen molar-refractivity contribution in [3.05, 3.63) is 64.1 Å². The van der Waals surface area contributed by atoms with E-state index in [1.807, 2.05) is 6.07 Å². The van der Waals surface area contributed by atoms with Gasteiger partial charge in [-0.05, 0) is 31.2 Å². The first-order chi connectivity index (χ1) is 13.5. The lowest BCUT2D eigenvalue weighted by atomic mass is 10.2. The Bertz CT molecular complexity index is 1110. The normalized spacial score (nSPS) is 11.0. The Morgan fingerprint density at radius 1 is 1.21 bits per heavy atom. The summed E-state index contributed by atoms with van der Waals surface area (Å²) < 4.78 is 11.8. The van der Waals surface area contributed by atoms with Crippen LogP contribution in [0, 0.1) is 6.92 Å². The van der Waals surface area contributed by atoms with E-state index in [1.54, 1.807) is 50.4 Å². The number of ether oxygens (including phenoxy) is 2. The van der Waals surface area contributed by atoms with Crippen molar-refractivity contribution in [2.45, 2.75) is 13.5 Å². The number of nitrogens with zero attached hydrogens (tertiary/aromatic N) is 3. The predicted molar refractivity (Wildman–Crippen MR) is 106 cm³/mol. The first-order valence-electron chi connectivity index (χ1n) is 8.53. The fourth-order valence-corrected chi connectivity index (χ4v) is 2.76. The molecule has 28 heavy (non-hydrogen) atoms. The fraction of sp³-hybridized carbons (Fsp3) is 0.200. The molecular weight excluding hydrogens is 360 g/mol. The zero-order valence-electron chi connectivity index (χ0n) is 15.8. The molecule has 3 aromatic rings. The fourth-order valence-electron chi connectivity index (χ4n) is 2.76. The SMILES string of the molecule is COc1ccc(/C=N\NC(=O)Cn2c(=O)c(C)nc3ccccc32)c(OC)c1. The average Bonchev–Trinajstić information content (AvgIpc) is 2.71. The van der Waals surface area contributed by atoms with Crippen LogP contribution < -0.4 is 20.5 Å². The topological polar surface area (TPSA) is 94.8 Å². The van der Waals surface area contributed by atoms with Gasteiger partial charge in [0.05, 0.1) is 31.5 Å². The highest BCUT2D eigenvalue weighted by Gasteiger charge is 2.11. The molecule has 1 aromatic heterocycles. The minimum absolute atomic E-state index is 0.167. The van der Waals surface area contributed by atoms with Crippen LogP contribution >= 0.6 is 0 Å².